The molecule has 5 nitrogen and oxygen atoms in total. The number of ketones is 1. The van der Waals surface area contributed by atoms with E-state index in [2.05, 4.69) is 5.32 Å². The summed E-state index contributed by atoms with van der Waals surface area (Å²) in [6, 6.07) is 4.92. The van der Waals surface area contributed by atoms with E-state index in [1.807, 2.05) is 0 Å². The molecular formula is C13H11NO4. The van der Waals surface area contributed by atoms with Crippen LogP contribution in [0.1, 0.15) is 22.8 Å². The molecule has 2 N–H and O–H groups in total. The fraction of sp³-hybridized carbons (Fsp3) is 0.154. The van der Waals surface area contributed by atoms with Gasteiger partial charge in [-0.1, -0.05) is 0 Å². The van der Waals surface area contributed by atoms with Gasteiger partial charge in [-0.05, 0) is 23.8 Å². The molecule has 18 heavy (non-hydrogen) atoms. The van der Waals surface area contributed by atoms with Crippen molar-refractivity contribution in [2.45, 2.75) is 13.3 Å². The third kappa shape index (κ3) is 2.29. The molecule has 0 heterocycles. The normalized spacial score (nSPS) is 15.6. The lowest BCUT2D eigenvalue weighted by Gasteiger charge is -2.03. The number of carbonyl (C=O) groups excluding carboxylic acids is 2. The molecule has 0 aliphatic heterocycles. The van der Waals surface area contributed by atoms with Crippen molar-refractivity contribution >= 4 is 23.3 Å². The van der Waals surface area contributed by atoms with Gasteiger partial charge in [0.05, 0.1) is 0 Å². The first-order chi connectivity index (χ1) is 8.47. The number of hydrogen-bond donors (Lipinski definition) is 2. The predicted octanol–water partition coefficient (Wildman–Crippen LogP) is 1.39. The number of carboxylic acids is 1. The molecule has 5 heteroatoms. The molecule has 1 aliphatic carbocycles. The van der Waals surface area contributed by atoms with Gasteiger partial charge in [-0.25, -0.2) is 4.79 Å². The second kappa shape index (κ2) is 4.44. The van der Waals surface area contributed by atoms with Gasteiger partial charge in [0.2, 0.25) is 5.91 Å². The van der Waals surface area contributed by atoms with Crippen LogP contribution in [0.3, 0.4) is 0 Å². The van der Waals surface area contributed by atoms with Crippen LogP contribution in [-0.4, -0.2) is 22.8 Å². The minimum Gasteiger partial charge on any atom is -0.478 e. The monoisotopic (exact) mass is 245 g/mol. The number of fused-ring (bicyclic) bond motifs is 1. The number of anilines is 1. The number of nitrogens with one attached hydrogen (secondary N) is 1. The summed E-state index contributed by atoms with van der Waals surface area (Å²) in [5.74, 6) is -1.59. The number of allylic oxidation sites excluding steroid dienone is 1. The van der Waals surface area contributed by atoms with Gasteiger partial charge in [-0.3, -0.25) is 9.59 Å². The summed E-state index contributed by atoms with van der Waals surface area (Å²) in [4.78, 5) is 33.3. The number of hydrogen-bond acceptors (Lipinski definition) is 3. The Hall–Kier alpha value is -2.43. The smallest absolute Gasteiger partial charge is 0.328 e. The molecule has 92 valence electrons. The number of Topliss-reactive ketones (excluding diaryl/α,β-unsaturated/α-hetero) is 1. The molecule has 0 bridgehead atoms. The van der Waals surface area contributed by atoms with Crippen molar-refractivity contribution in [1.82, 2.24) is 0 Å². The predicted molar refractivity (Wildman–Crippen MR) is 64.5 cm³/mol. The Morgan fingerprint density at radius 1 is 1.39 bits per heavy atom. The number of rotatable bonds is 2. The summed E-state index contributed by atoms with van der Waals surface area (Å²) in [7, 11) is 0. The Morgan fingerprint density at radius 3 is 2.72 bits per heavy atom. The van der Waals surface area contributed by atoms with Crippen LogP contribution in [0.25, 0.3) is 0 Å². The van der Waals surface area contributed by atoms with E-state index in [-0.39, 0.29) is 23.7 Å². The molecule has 1 aromatic carbocycles. The van der Waals surface area contributed by atoms with Gasteiger partial charge in [-0.2, -0.15) is 0 Å². The maximum Gasteiger partial charge on any atom is 0.328 e. The lowest BCUT2D eigenvalue weighted by molar-refractivity contribution is -0.131. The van der Waals surface area contributed by atoms with Crippen molar-refractivity contribution in [1.29, 1.82) is 0 Å². The quantitative estimate of drug-likeness (QED) is 0.771. The molecule has 2 rings (SSSR count). The number of carbonyl (C=O) groups is 3. The molecule has 1 amide bonds. The minimum atomic E-state index is -1.13. The van der Waals surface area contributed by atoms with Crippen LogP contribution in [0.4, 0.5) is 5.69 Å². The summed E-state index contributed by atoms with van der Waals surface area (Å²) in [5, 5.41) is 11.3. The standard InChI is InChI=1S/C13H11NO4/c1-7(15)14-10-2-3-11-8(5-10)4-9(13(11)18)6-12(16)17/h2-3,5-6H,4H2,1H3,(H,14,15)(H,16,17)/b9-6-. The van der Waals surface area contributed by atoms with E-state index < -0.39 is 5.97 Å². The number of benzene rings is 1. The molecule has 1 aliphatic rings. The molecule has 1 aromatic rings. The van der Waals surface area contributed by atoms with Gasteiger partial charge in [0.1, 0.15) is 0 Å². The molecule has 0 spiro atoms. The summed E-state index contributed by atoms with van der Waals surface area (Å²) < 4.78 is 0. The van der Waals surface area contributed by atoms with Crippen molar-refractivity contribution in [3.8, 4) is 0 Å². The Kier molecular flexibility index (Phi) is 2.97. The summed E-state index contributed by atoms with van der Waals surface area (Å²) in [6.45, 7) is 1.40. The summed E-state index contributed by atoms with van der Waals surface area (Å²) in [5.41, 5.74) is 2.10. The maximum absolute atomic E-state index is 11.8. The van der Waals surface area contributed by atoms with Crippen molar-refractivity contribution in [2.24, 2.45) is 0 Å². The molecule has 0 aromatic heterocycles. The molecule has 0 saturated heterocycles. The second-order valence-electron chi connectivity index (χ2n) is 4.07. The van der Waals surface area contributed by atoms with Gasteiger partial charge in [-0.15, -0.1) is 0 Å². The van der Waals surface area contributed by atoms with Crippen LogP contribution < -0.4 is 5.32 Å². The molecular weight excluding hydrogens is 234 g/mol. The van der Waals surface area contributed by atoms with Crippen LogP contribution >= 0.6 is 0 Å². The zero-order valence-corrected chi connectivity index (χ0v) is 9.69. The third-order valence-corrected chi connectivity index (χ3v) is 2.64. The summed E-state index contributed by atoms with van der Waals surface area (Å²) in [6.07, 6.45) is 1.22. The van der Waals surface area contributed by atoms with Gasteiger partial charge in [0.15, 0.2) is 5.78 Å². The first-order valence-electron chi connectivity index (χ1n) is 5.36. The van der Waals surface area contributed by atoms with Gasteiger partial charge in [0, 0.05) is 36.2 Å². The Bertz CT molecular complexity index is 587. The Balaban J connectivity index is 2.34. The minimum absolute atomic E-state index is 0.194. The number of amides is 1. The molecule has 0 saturated carbocycles. The largest absolute Gasteiger partial charge is 0.478 e. The highest BCUT2D eigenvalue weighted by Gasteiger charge is 2.25. The SMILES string of the molecule is CC(=O)Nc1ccc2c(c1)C/C(=C/C(=O)O)C2=O. The molecule has 0 atom stereocenters. The molecule has 0 radical (unpaired) electrons. The van der Waals surface area contributed by atoms with E-state index in [0.717, 1.165) is 11.6 Å². The van der Waals surface area contributed by atoms with Crippen LogP contribution in [0.5, 0.6) is 0 Å². The van der Waals surface area contributed by atoms with Crippen LogP contribution in [0.15, 0.2) is 29.8 Å². The zero-order valence-electron chi connectivity index (χ0n) is 9.69. The lowest BCUT2D eigenvalue weighted by Crippen LogP contribution is -2.06. The van der Waals surface area contributed by atoms with E-state index in [1.165, 1.54) is 6.92 Å². The van der Waals surface area contributed by atoms with Crippen LogP contribution in [0.2, 0.25) is 0 Å². The first-order valence-corrected chi connectivity index (χ1v) is 5.36. The highest BCUT2D eigenvalue weighted by molar-refractivity contribution is 6.15. The van der Waals surface area contributed by atoms with Gasteiger partial charge in [0.25, 0.3) is 0 Å². The highest BCUT2D eigenvalue weighted by Crippen LogP contribution is 2.28. The van der Waals surface area contributed by atoms with E-state index in [0.29, 0.717) is 11.3 Å². The summed E-state index contributed by atoms with van der Waals surface area (Å²) >= 11 is 0. The topological polar surface area (TPSA) is 83.5 Å². The zero-order chi connectivity index (χ0) is 13.3. The van der Waals surface area contributed by atoms with E-state index >= 15 is 0 Å². The van der Waals surface area contributed by atoms with Crippen molar-refractivity contribution in [2.75, 3.05) is 5.32 Å². The van der Waals surface area contributed by atoms with Gasteiger partial charge >= 0.3 is 5.97 Å². The highest BCUT2D eigenvalue weighted by atomic mass is 16.4. The molecule has 0 unspecified atom stereocenters. The number of carboxylic acid groups (broad SMARTS) is 1. The van der Waals surface area contributed by atoms with E-state index in [9.17, 15) is 14.4 Å². The Morgan fingerprint density at radius 2 is 2.11 bits per heavy atom. The Labute approximate surface area is 103 Å². The van der Waals surface area contributed by atoms with Crippen molar-refractivity contribution < 1.29 is 19.5 Å². The average molecular weight is 245 g/mol. The molecule has 0 fully saturated rings. The second-order valence-corrected chi connectivity index (χ2v) is 4.07. The number of aliphatic carboxylic acids is 1. The van der Waals surface area contributed by atoms with Gasteiger partial charge < -0.3 is 10.4 Å². The van der Waals surface area contributed by atoms with Crippen molar-refractivity contribution in [3.63, 3.8) is 0 Å². The fourth-order valence-corrected chi connectivity index (χ4v) is 1.97. The van der Waals surface area contributed by atoms with Crippen LogP contribution in [0, 0.1) is 0 Å². The van der Waals surface area contributed by atoms with Crippen LogP contribution in [-0.2, 0) is 16.0 Å². The average Bonchev–Trinajstić information content (AvgIpc) is 2.54. The van der Waals surface area contributed by atoms with Crippen molar-refractivity contribution in [3.05, 3.63) is 41.0 Å². The fourth-order valence-electron chi connectivity index (χ4n) is 1.97. The lowest BCUT2D eigenvalue weighted by atomic mass is 10.1. The maximum atomic E-state index is 11.8. The third-order valence-electron chi connectivity index (χ3n) is 2.64. The van der Waals surface area contributed by atoms with E-state index in [1.54, 1.807) is 18.2 Å². The first kappa shape index (κ1) is 12.0. The van der Waals surface area contributed by atoms with E-state index in [4.69, 9.17) is 5.11 Å².